The lowest BCUT2D eigenvalue weighted by atomic mass is 10.0. The zero-order chi connectivity index (χ0) is 32.6. The van der Waals surface area contributed by atoms with Crippen LogP contribution in [0.1, 0.15) is 147 Å². The van der Waals surface area contributed by atoms with E-state index in [9.17, 15) is 24.0 Å². The van der Waals surface area contributed by atoms with Gasteiger partial charge in [-0.25, -0.2) is 0 Å². The fourth-order valence-electron chi connectivity index (χ4n) is 5.07. The van der Waals surface area contributed by atoms with Crippen molar-refractivity contribution in [3.63, 3.8) is 0 Å². The number of nitrogens with zero attached hydrogens (tertiary/aromatic N) is 1. The molecular weight excluding hydrogens is 560 g/mol. The first-order valence-corrected chi connectivity index (χ1v) is 16.7. The van der Waals surface area contributed by atoms with Crippen LogP contribution in [0, 0.1) is 5.92 Å². The van der Waals surface area contributed by atoms with Crippen LogP contribution in [0.2, 0.25) is 0 Å². The largest absolute Gasteiger partial charge is 0.481 e. The molecule has 0 saturated carbocycles. The molecule has 9 heteroatoms. The fourth-order valence-corrected chi connectivity index (χ4v) is 5.07. The van der Waals surface area contributed by atoms with Crippen LogP contribution in [0.25, 0.3) is 0 Å². The lowest BCUT2D eigenvalue weighted by molar-refractivity contribution is -0.139. The van der Waals surface area contributed by atoms with Gasteiger partial charge in [0.25, 0.3) is 5.91 Å². The number of rotatable bonds is 27. The standard InChI is InChI=1S/C35H56N2O7.H2/c1-28(29(2)38)17-15-16-25-36-35(44)31-22-20-30(21-23-31)27-37(26-24-34(42)43)32(39)18-13-11-9-7-5-3-4-6-8-10-12-14-19-33(40)41;/h20-23,28H,3-19,24-27H2,1-2H3,(H,36,44)(H,40,41)(H,42,43);1H/t28-;/m0./s1. The summed E-state index contributed by atoms with van der Waals surface area (Å²) in [5.74, 6) is -1.63. The van der Waals surface area contributed by atoms with Crippen molar-refractivity contribution in [3.8, 4) is 0 Å². The summed E-state index contributed by atoms with van der Waals surface area (Å²) < 4.78 is 0. The summed E-state index contributed by atoms with van der Waals surface area (Å²) in [7, 11) is 0. The molecule has 3 N–H and O–H groups in total. The summed E-state index contributed by atoms with van der Waals surface area (Å²) in [6.07, 6.45) is 15.9. The van der Waals surface area contributed by atoms with Crippen molar-refractivity contribution in [1.82, 2.24) is 10.2 Å². The van der Waals surface area contributed by atoms with Gasteiger partial charge in [-0.05, 0) is 50.3 Å². The Hall–Kier alpha value is -3.23. The molecule has 0 aromatic heterocycles. The third-order valence-corrected chi connectivity index (χ3v) is 8.11. The number of carboxylic acid groups (broad SMARTS) is 2. The SMILES string of the molecule is CC(=O)[C@@H](C)CCCCNC(=O)c1ccc(CN(CCC(=O)O)C(=O)CCCCCCCCCCCCCCC(=O)O)cc1.[HH]. The van der Waals surface area contributed by atoms with Crippen LogP contribution in [0.5, 0.6) is 0 Å². The highest BCUT2D eigenvalue weighted by Crippen LogP contribution is 2.15. The third-order valence-electron chi connectivity index (χ3n) is 8.11. The molecule has 0 radical (unpaired) electrons. The van der Waals surface area contributed by atoms with E-state index in [2.05, 4.69) is 5.32 Å². The van der Waals surface area contributed by atoms with Gasteiger partial charge in [0, 0.05) is 45.4 Å². The van der Waals surface area contributed by atoms with Crippen molar-refractivity contribution in [1.29, 1.82) is 0 Å². The molecule has 0 unspecified atom stereocenters. The molecule has 0 aliphatic heterocycles. The number of benzene rings is 1. The minimum Gasteiger partial charge on any atom is -0.481 e. The number of carboxylic acids is 2. The molecule has 9 nitrogen and oxygen atoms in total. The van der Waals surface area contributed by atoms with E-state index < -0.39 is 11.9 Å². The first kappa shape index (κ1) is 38.8. The molecule has 1 aromatic rings. The van der Waals surface area contributed by atoms with E-state index in [4.69, 9.17) is 10.2 Å². The Kier molecular flexibility index (Phi) is 21.3. The van der Waals surface area contributed by atoms with Gasteiger partial charge >= 0.3 is 11.9 Å². The van der Waals surface area contributed by atoms with E-state index in [1.54, 1.807) is 24.0 Å². The first-order valence-electron chi connectivity index (χ1n) is 16.7. The molecule has 0 saturated heterocycles. The number of carbonyl (C=O) groups excluding carboxylic acids is 3. The monoisotopic (exact) mass is 618 g/mol. The van der Waals surface area contributed by atoms with Gasteiger partial charge in [-0.1, -0.05) is 89.7 Å². The zero-order valence-electron chi connectivity index (χ0n) is 27.1. The molecule has 0 bridgehead atoms. The molecule has 1 atom stereocenters. The van der Waals surface area contributed by atoms with Crippen LogP contribution in [0.4, 0.5) is 0 Å². The average Bonchev–Trinajstić information content (AvgIpc) is 2.98. The fraction of sp³-hybridized carbons (Fsp3) is 0.686. The average molecular weight is 619 g/mol. The minimum absolute atomic E-state index is 0. The number of aliphatic carboxylic acids is 2. The smallest absolute Gasteiger partial charge is 0.305 e. The highest BCUT2D eigenvalue weighted by molar-refractivity contribution is 5.94. The molecule has 0 aliphatic carbocycles. The van der Waals surface area contributed by atoms with E-state index in [0.717, 1.165) is 69.8 Å². The van der Waals surface area contributed by atoms with E-state index in [1.807, 2.05) is 19.1 Å². The topological polar surface area (TPSA) is 141 Å². The molecule has 250 valence electrons. The molecule has 44 heavy (non-hydrogen) atoms. The van der Waals surface area contributed by atoms with Crippen molar-refractivity contribution in [2.45, 2.75) is 136 Å². The normalized spacial score (nSPS) is 11.6. The Balaban J connectivity index is 0.0000194. The quantitative estimate of drug-likeness (QED) is 0.0872. The maximum atomic E-state index is 12.9. The molecule has 0 spiro atoms. The number of hydrogen-bond donors (Lipinski definition) is 3. The maximum Gasteiger partial charge on any atom is 0.305 e. The second-order valence-electron chi connectivity index (χ2n) is 12.1. The molecule has 1 aromatic carbocycles. The van der Waals surface area contributed by atoms with Crippen LogP contribution < -0.4 is 5.32 Å². The summed E-state index contributed by atoms with van der Waals surface area (Å²) in [6.45, 7) is 4.52. The first-order chi connectivity index (χ1) is 21.1. The number of Topliss-reactive ketones (excluding diaryl/α,β-unsaturated/α-hetero) is 1. The number of nitrogens with one attached hydrogen (secondary N) is 1. The van der Waals surface area contributed by atoms with Crippen LogP contribution in [0.3, 0.4) is 0 Å². The zero-order valence-corrected chi connectivity index (χ0v) is 27.1. The van der Waals surface area contributed by atoms with Crippen molar-refractivity contribution < 1.29 is 35.6 Å². The van der Waals surface area contributed by atoms with Crippen LogP contribution >= 0.6 is 0 Å². The van der Waals surface area contributed by atoms with Gasteiger partial charge in [0.2, 0.25) is 5.91 Å². The van der Waals surface area contributed by atoms with Crippen LogP contribution in [-0.4, -0.2) is 57.7 Å². The molecule has 0 fully saturated rings. The Morgan fingerprint density at radius 3 is 1.70 bits per heavy atom. The number of hydrogen-bond acceptors (Lipinski definition) is 5. The summed E-state index contributed by atoms with van der Waals surface area (Å²) in [5, 5.41) is 20.7. The number of ketones is 1. The summed E-state index contributed by atoms with van der Waals surface area (Å²) in [5.41, 5.74) is 1.38. The molecule has 2 amide bonds. The van der Waals surface area contributed by atoms with Crippen molar-refractivity contribution in [2.75, 3.05) is 13.1 Å². The summed E-state index contributed by atoms with van der Waals surface area (Å²) >= 11 is 0. The lowest BCUT2D eigenvalue weighted by Crippen LogP contribution is -2.32. The number of carbonyl (C=O) groups is 5. The van der Waals surface area contributed by atoms with E-state index in [1.165, 1.54) is 32.1 Å². The Labute approximate surface area is 265 Å². The van der Waals surface area contributed by atoms with E-state index in [-0.39, 0.29) is 44.3 Å². The van der Waals surface area contributed by atoms with E-state index >= 15 is 0 Å². The van der Waals surface area contributed by atoms with E-state index in [0.29, 0.717) is 25.1 Å². The second-order valence-corrected chi connectivity index (χ2v) is 12.1. The summed E-state index contributed by atoms with van der Waals surface area (Å²) in [6, 6.07) is 7.07. The van der Waals surface area contributed by atoms with Crippen LogP contribution in [0.15, 0.2) is 24.3 Å². The van der Waals surface area contributed by atoms with Crippen molar-refractivity contribution in [2.24, 2.45) is 5.92 Å². The molecule has 0 aliphatic rings. The van der Waals surface area contributed by atoms with Crippen molar-refractivity contribution in [3.05, 3.63) is 35.4 Å². The third kappa shape index (κ3) is 19.9. The van der Waals surface area contributed by atoms with Gasteiger partial charge in [-0.3, -0.25) is 24.0 Å². The molecular formula is C35H58N2O7. The predicted molar refractivity (Wildman–Crippen MR) is 175 cm³/mol. The highest BCUT2D eigenvalue weighted by Gasteiger charge is 2.16. The maximum absolute atomic E-state index is 12.9. The number of unbranched alkanes of at least 4 members (excludes halogenated alkanes) is 12. The highest BCUT2D eigenvalue weighted by atomic mass is 16.4. The van der Waals surface area contributed by atoms with Crippen molar-refractivity contribution >= 4 is 29.5 Å². The van der Waals surface area contributed by atoms with Gasteiger partial charge in [0.1, 0.15) is 5.78 Å². The Bertz CT molecular complexity index is 1000. The van der Waals surface area contributed by atoms with Gasteiger partial charge in [-0.15, -0.1) is 0 Å². The summed E-state index contributed by atoms with van der Waals surface area (Å²) in [4.78, 5) is 60.0. The Morgan fingerprint density at radius 1 is 0.705 bits per heavy atom. The Morgan fingerprint density at radius 2 is 1.20 bits per heavy atom. The van der Waals surface area contributed by atoms with Crippen LogP contribution in [-0.2, 0) is 25.7 Å². The van der Waals surface area contributed by atoms with Gasteiger partial charge in [-0.2, -0.15) is 0 Å². The van der Waals surface area contributed by atoms with Gasteiger partial charge in [0.15, 0.2) is 0 Å². The second kappa shape index (κ2) is 24.1. The predicted octanol–water partition coefficient (Wildman–Crippen LogP) is 7.41. The van der Waals surface area contributed by atoms with Gasteiger partial charge < -0.3 is 20.4 Å². The molecule has 1 rings (SSSR count). The number of amides is 2. The minimum atomic E-state index is -0.941. The lowest BCUT2D eigenvalue weighted by Gasteiger charge is -2.22. The van der Waals surface area contributed by atoms with Gasteiger partial charge in [0.05, 0.1) is 6.42 Å². The molecule has 0 heterocycles.